The third-order valence-corrected chi connectivity index (χ3v) is 5.20. The van der Waals surface area contributed by atoms with Crippen molar-refractivity contribution in [3.8, 4) is 5.75 Å². The predicted octanol–water partition coefficient (Wildman–Crippen LogP) is 7.47. The summed E-state index contributed by atoms with van der Waals surface area (Å²) in [6.45, 7) is 0. The van der Waals surface area contributed by atoms with E-state index in [4.69, 9.17) is 0 Å². The van der Waals surface area contributed by atoms with Crippen molar-refractivity contribution in [1.29, 1.82) is 0 Å². The van der Waals surface area contributed by atoms with Crippen LogP contribution in [0.25, 0.3) is 0 Å². The van der Waals surface area contributed by atoms with Gasteiger partial charge in [0.05, 0.1) is 7.11 Å². The van der Waals surface area contributed by atoms with Crippen LogP contribution in [0.1, 0.15) is 11.6 Å². The Morgan fingerprint density at radius 2 is 0.780 bits per heavy atom. The zero-order valence-electron chi connectivity index (χ0n) is 18.9. The van der Waals surface area contributed by atoms with Gasteiger partial charge in [-0.05, 0) is 24.3 Å². The van der Waals surface area contributed by atoms with E-state index in [1.54, 1.807) is 0 Å². The highest BCUT2D eigenvalue weighted by Crippen LogP contribution is 2.62. The molecular weight excluding hydrogens is 630 g/mol. The summed E-state index contributed by atoms with van der Waals surface area (Å²) < 4.78 is 249. The van der Waals surface area contributed by atoms with Crippen molar-refractivity contribution in [1.82, 2.24) is 15.0 Å². The molecule has 0 unspecified atom stereocenters. The Kier molecular flexibility index (Phi) is 8.11. The molecule has 0 saturated heterocycles. The molecule has 2 aromatic rings. The van der Waals surface area contributed by atoms with E-state index in [0.717, 1.165) is 19.2 Å². The van der Waals surface area contributed by atoms with E-state index in [9.17, 15) is 79.0 Å². The molecule has 2 rings (SSSR count). The Morgan fingerprint density at radius 3 is 1.02 bits per heavy atom. The lowest BCUT2D eigenvalue weighted by molar-refractivity contribution is -0.391. The lowest BCUT2D eigenvalue weighted by Gasteiger charge is -2.39. The van der Waals surface area contributed by atoms with Gasteiger partial charge in [-0.3, -0.25) is 0 Å². The standard InChI is InChI=1S/C18H8F18N4O/c1-41-7-4-2-6(3-5-7)37-10-39-8(11(13(19,20)21,14(22,23)24)15(25,26)27)38-9(40-10)12(16(28,29)30,17(31,32)33)18(34,35)36/h2-5H,1H3,(H,37,38,39,40). The van der Waals surface area contributed by atoms with Crippen molar-refractivity contribution in [2.24, 2.45) is 0 Å². The summed E-state index contributed by atoms with van der Waals surface area (Å²) in [4.78, 5) is 5.50. The molecule has 0 aliphatic rings. The number of alkyl halides is 18. The molecule has 41 heavy (non-hydrogen) atoms. The van der Waals surface area contributed by atoms with E-state index in [0.29, 0.717) is 12.1 Å². The normalized spacial score (nSPS) is 14.7. The van der Waals surface area contributed by atoms with E-state index in [-0.39, 0.29) is 5.75 Å². The molecule has 0 aliphatic carbocycles. The number of nitrogens with one attached hydrogen (secondary N) is 1. The zero-order chi connectivity index (χ0) is 32.3. The number of nitrogens with zero attached hydrogens (tertiary/aromatic N) is 3. The van der Waals surface area contributed by atoms with Crippen molar-refractivity contribution >= 4 is 11.6 Å². The van der Waals surface area contributed by atoms with Crippen LogP contribution in [-0.2, 0) is 10.8 Å². The van der Waals surface area contributed by atoms with Crippen molar-refractivity contribution in [2.45, 2.75) is 47.9 Å². The first-order valence-corrected chi connectivity index (χ1v) is 9.68. The van der Waals surface area contributed by atoms with Gasteiger partial charge < -0.3 is 10.1 Å². The summed E-state index contributed by atoms with van der Waals surface area (Å²) in [6, 6.07) is 3.11. The summed E-state index contributed by atoms with van der Waals surface area (Å²) in [5.74, 6) is -10.5. The summed E-state index contributed by atoms with van der Waals surface area (Å²) in [6.07, 6.45) is -46.5. The summed E-state index contributed by atoms with van der Waals surface area (Å²) in [5.41, 5.74) is -15.8. The number of hydrogen-bond acceptors (Lipinski definition) is 5. The maximum absolute atomic E-state index is 13.6. The molecule has 1 N–H and O–H groups in total. The highest BCUT2D eigenvalue weighted by atomic mass is 19.4. The minimum atomic E-state index is -7.75. The predicted molar refractivity (Wildman–Crippen MR) is 95.8 cm³/mol. The fourth-order valence-corrected chi connectivity index (χ4v) is 3.30. The van der Waals surface area contributed by atoms with Crippen molar-refractivity contribution < 1.29 is 83.8 Å². The number of hydrogen-bond donors (Lipinski definition) is 1. The number of methoxy groups -OCH3 is 1. The first kappa shape index (κ1) is 33.8. The zero-order valence-corrected chi connectivity index (χ0v) is 18.9. The van der Waals surface area contributed by atoms with E-state index >= 15 is 0 Å². The first-order valence-electron chi connectivity index (χ1n) is 9.68. The second-order valence-electron chi connectivity index (χ2n) is 7.65. The molecule has 0 bridgehead atoms. The summed E-state index contributed by atoms with van der Waals surface area (Å²) >= 11 is 0. The topological polar surface area (TPSA) is 59.9 Å². The second kappa shape index (κ2) is 9.84. The van der Waals surface area contributed by atoms with Gasteiger partial charge in [-0.25, -0.2) is 4.98 Å². The van der Waals surface area contributed by atoms with E-state index in [1.165, 1.54) is 10.3 Å². The molecule has 1 heterocycles. The van der Waals surface area contributed by atoms with Gasteiger partial charge in [-0.15, -0.1) is 0 Å². The number of halogens is 18. The van der Waals surface area contributed by atoms with Crippen molar-refractivity contribution in [3.63, 3.8) is 0 Å². The van der Waals surface area contributed by atoms with Gasteiger partial charge >= 0.3 is 47.9 Å². The molecule has 0 saturated carbocycles. The lowest BCUT2D eigenvalue weighted by atomic mass is 9.82. The number of anilines is 2. The van der Waals surface area contributed by atoms with Crippen LogP contribution in [0.5, 0.6) is 5.75 Å². The van der Waals surface area contributed by atoms with Crippen molar-refractivity contribution in [3.05, 3.63) is 35.9 Å². The third kappa shape index (κ3) is 5.33. The molecule has 0 radical (unpaired) electrons. The van der Waals surface area contributed by atoms with Crippen molar-refractivity contribution in [2.75, 3.05) is 12.4 Å². The van der Waals surface area contributed by atoms with Crippen LogP contribution >= 0.6 is 0 Å². The molecule has 0 spiro atoms. The minimum Gasteiger partial charge on any atom is -0.497 e. The van der Waals surface area contributed by atoms with E-state index < -0.39 is 71.2 Å². The molecular formula is C18H8F18N4O. The molecule has 23 heteroatoms. The van der Waals surface area contributed by atoms with E-state index in [1.807, 2.05) is 0 Å². The summed E-state index contributed by atoms with van der Waals surface area (Å²) in [5, 5.41) is 1.37. The lowest BCUT2D eigenvalue weighted by Crippen LogP contribution is -2.66. The number of aromatic nitrogens is 3. The molecule has 0 aliphatic heterocycles. The Balaban J connectivity index is 3.24. The molecule has 0 amide bonds. The largest absolute Gasteiger partial charge is 0.497 e. The first-order chi connectivity index (χ1) is 18.1. The molecule has 1 aromatic heterocycles. The Hall–Kier alpha value is -3.43. The SMILES string of the molecule is COc1ccc(Nc2nc(C(C(F)(F)F)(C(F)(F)F)C(F)(F)F)nc(C(C(F)(F)F)(C(F)(F)F)C(F)(F)F)n2)cc1. The van der Waals surface area contributed by atoms with Gasteiger partial charge in [-0.1, -0.05) is 0 Å². The fraction of sp³-hybridized carbons (Fsp3) is 0.500. The maximum Gasteiger partial charge on any atom is 0.419 e. The van der Waals surface area contributed by atoms with Crippen LogP contribution in [0.3, 0.4) is 0 Å². The number of benzene rings is 1. The quantitative estimate of drug-likeness (QED) is 0.345. The molecule has 0 fully saturated rings. The fourth-order valence-electron chi connectivity index (χ4n) is 3.30. The van der Waals surface area contributed by atoms with Crippen LogP contribution in [0.15, 0.2) is 24.3 Å². The van der Waals surface area contributed by atoms with Crippen LogP contribution in [0, 0.1) is 0 Å². The average Bonchev–Trinajstić information content (AvgIpc) is 2.68. The number of ether oxygens (including phenoxy) is 1. The highest BCUT2D eigenvalue weighted by molar-refractivity contribution is 5.55. The van der Waals surface area contributed by atoms with Crippen LogP contribution in [0.4, 0.5) is 90.7 Å². The number of rotatable bonds is 5. The molecule has 5 nitrogen and oxygen atoms in total. The second-order valence-corrected chi connectivity index (χ2v) is 7.65. The van der Waals surface area contributed by atoms with E-state index in [2.05, 4.69) is 14.7 Å². The van der Waals surface area contributed by atoms with Crippen LogP contribution in [0.2, 0.25) is 0 Å². The van der Waals surface area contributed by atoms with Crippen LogP contribution < -0.4 is 10.1 Å². The Bertz CT molecular complexity index is 1080. The monoisotopic (exact) mass is 638 g/mol. The average molecular weight is 638 g/mol. The minimum absolute atomic E-state index is 0.0805. The highest BCUT2D eigenvalue weighted by Gasteiger charge is 2.89. The van der Waals surface area contributed by atoms with Crippen LogP contribution in [-0.4, -0.2) is 59.1 Å². The molecule has 0 atom stereocenters. The Morgan fingerprint density at radius 1 is 0.488 bits per heavy atom. The van der Waals surface area contributed by atoms with Gasteiger partial charge in [0.25, 0.3) is 0 Å². The molecule has 1 aromatic carbocycles. The third-order valence-electron chi connectivity index (χ3n) is 5.20. The van der Waals surface area contributed by atoms with Gasteiger partial charge in [0.15, 0.2) is 11.6 Å². The van der Waals surface area contributed by atoms with Gasteiger partial charge in [-0.2, -0.15) is 89.0 Å². The van der Waals surface area contributed by atoms with Gasteiger partial charge in [0, 0.05) is 5.69 Å². The Labute approximate surface area is 213 Å². The molecule has 232 valence electrons. The van der Waals surface area contributed by atoms with Gasteiger partial charge in [0.2, 0.25) is 5.95 Å². The summed E-state index contributed by atoms with van der Waals surface area (Å²) in [7, 11) is 1.04. The maximum atomic E-state index is 13.6. The smallest absolute Gasteiger partial charge is 0.419 e. The van der Waals surface area contributed by atoms with Gasteiger partial charge in [0.1, 0.15) is 5.75 Å².